The van der Waals surface area contributed by atoms with E-state index >= 15 is 4.39 Å². The third-order valence-corrected chi connectivity index (χ3v) is 5.35. The van der Waals surface area contributed by atoms with Gasteiger partial charge in [-0.25, -0.2) is 14.5 Å². The number of nitrogens with zero attached hydrogens (tertiary/aromatic N) is 2. The number of rotatable bonds is 4. The first-order valence-corrected chi connectivity index (χ1v) is 10.2. The van der Waals surface area contributed by atoms with E-state index in [9.17, 15) is 8.42 Å². The Hall–Kier alpha value is -2.59. The molecule has 9 heteroatoms. The van der Waals surface area contributed by atoms with Gasteiger partial charge in [0.05, 0.1) is 12.6 Å². The molecule has 0 unspecified atom stereocenters. The predicted molar refractivity (Wildman–Crippen MR) is 104 cm³/mol. The molecule has 1 aliphatic rings. The summed E-state index contributed by atoms with van der Waals surface area (Å²) in [6, 6.07) is 10.9. The van der Waals surface area contributed by atoms with Gasteiger partial charge in [0.15, 0.2) is 0 Å². The average Bonchev–Trinajstić information content (AvgIpc) is 2.66. The number of hydrazine groups is 1. The summed E-state index contributed by atoms with van der Waals surface area (Å²) in [5, 5.41) is 7.25. The van der Waals surface area contributed by atoms with Crippen LogP contribution in [0.25, 0.3) is 22.0 Å². The minimum atomic E-state index is -3.90. The third-order valence-electron chi connectivity index (χ3n) is 4.84. The first kappa shape index (κ1) is 18.8. The number of hydrogen-bond donors (Lipinski definition) is 2. The molecule has 0 spiro atoms. The Labute approximate surface area is 162 Å². The first-order valence-electron chi connectivity index (χ1n) is 8.64. The second-order valence-electron chi connectivity index (χ2n) is 6.61. The summed E-state index contributed by atoms with van der Waals surface area (Å²) in [4.78, 5) is 6.56. The Morgan fingerprint density at radius 1 is 1.21 bits per heavy atom. The molecule has 0 fully saturated rings. The van der Waals surface area contributed by atoms with Gasteiger partial charge in [-0.2, -0.15) is 8.42 Å². The molecule has 0 saturated carbocycles. The molecule has 0 atom stereocenters. The van der Waals surface area contributed by atoms with Crippen LogP contribution in [0.3, 0.4) is 0 Å². The molecule has 2 aromatic carbocycles. The summed E-state index contributed by atoms with van der Waals surface area (Å²) in [7, 11) is -2.32. The van der Waals surface area contributed by atoms with E-state index in [-0.39, 0.29) is 12.4 Å². The molecule has 146 valence electrons. The van der Waals surface area contributed by atoms with Gasteiger partial charge in [-0.05, 0) is 35.7 Å². The van der Waals surface area contributed by atoms with Gasteiger partial charge in [0.25, 0.3) is 10.2 Å². The van der Waals surface area contributed by atoms with Crippen LogP contribution in [0.15, 0.2) is 42.6 Å². The lowest BCUT2D eigenvalue weighted by atomic mass is 9.93. The van der Waals surface area contributed by atoms with Crippen molar-refractivity contribution in [2.24, 2.45) is 5.14 Å². The molecule has 0 bridgehead atoms. The van der Waals surface area contributed by atoms with Crippen molar-refractivity contribution in [3.63, 3.8) is 0 Å². The highest BCUT2D eigenvalue weighted by molar-refractivity contribution is 7.87. The molecule has 0 amide bonds. The zero-order valence-corrected chi connectivity index (χ0v) is 16.0. The van der Waals surface area contributed by atoms with Crippen LogP contribution in [0.1, 0.15) is 11.1 Å². The molecule has 1 aromatic heterocycles. The Morgan fingerprint density at radius 3 is 2.79 bits per heavy atom. The number of nitrogens with one attached hydrogen (secondary N) is 1. The number of hydrogen-bond acceptors (Lipinski definition) is 5. The normalized spacial score (nSPS) is 14.8. The number of fused-ring (bicyclic) bond motifs is 2. The summed E-state index contributed by atoms with van der Waals surface area (Å²) in [6.07, 6.45) is 2.15. The fourth-order valence-electron chi connectivity index (χ4n) is 3.55. The van der Waals surface area contributed by atoms with Gasteiger partial charge < -0.3 is 4.74 Å². The number of benzene rings is 2. The zero-order valence-electron chi connectivity index (χ0n) is 15.1. The molecule has 1 aliphatic heterocycles. The van der Waals surface area contributed by atoms with Gasteiger partial charge in [-0.3, -0.25) is 4.98 Å². The maximum Gasteiger partial charge on any atom is 0.287 e. The van der Waals surface area contributed by atoms with Crippen LogP contribution in [0.5, 0.6) is 5.75 Å². The third kappa shape index (κ3) is 3.57. The molecular formula is C19H19FN4O3S. The lowest BCUT2D eigenvalue weighted by molar-refractivity contribution is 0.217. The molecule has 0 aliphatic carbocycles. The second-order valence-corrected chi connectivity index (χ2v) is 7.89. The number of nitrogens with two attached hydrogens (primary N) is 1. The zero-order chi connectivity index (χ0) is 19.9. The maximum atomic E-state index is 15.4. The van der Waals surface area contributed by atoms with Crippen LogP contribution in [-0.4, -0.2) is 32.1 Å². The topological polar surface area (TPSA) is 97.5 Å². The summed E-state index contributed by atoms with van der Waals surface area (Å²) in [5.41, 5.74) is 3.16. The first-order chi connectivity index (χ1) is 13.4. The highest BCUT2D eigenvalue weighted by Gasteiger charge is 2.24. The van der Waals surface area contributed by atoms with Crippen molar-refractivity contribution in [1.29, 1.82) is 0 Å². The molecule has 2 heterocycles. The number of pyridine rings is 1. The van der Waals surface area contributed by atoms with Crippen LogP contribution in [0, 0.1) is 5.82 Å². The standard InChI is InChI=1S/C19H19FN4O3S/c1-27-13-3-5-15-14(6-8-22-18(15)10-13)16-4-2-12-7-9-24(23-28(21,25)26)11-17(12)19(16)20/h2-6,8,10,23H,7,9,11H2,1H3,(H2,21,25,26). The van der Waals surface area contributed by atoms with Gasteiger partial charge in [0.1, 0.15) is 11.6 Å². The molecule has 28 heavy (non-hydrogen) atoms. The van der Waals surface area contributed by atoms with Crippen molar-refractivity contribution in [2.45, 2.75) is 13.0 Å². The van der Waals surface area contributed by atoms with E-state index in [0.717, 1.165) is 10.9 Å². The van der Waals surface area contributed by atoms with Crippen molar-refractivity contribution in [2.75, 3.05) is 13.7 Å². The van der Waals surface area contributed by atoms with Crippen LogP contribution < -0.4 is 14.7 Å². The van der Waals surface area contributed by atoms with Gasteiger partial charge in [0.2, 0.25) is 0 Å². The summed E-state index contributed by atoms with van der Waals surface area (Å²) in [6.45, 7) is 0.516. The number of aromatic nitrogens is 1. The molecule has 4 rings (SSSR count). The predicted octanol–water partition coefficient (Wildman–Crippen LogP) is 2.12. The number of methoxy groups -OCH3 is 1. The smallest absolute Gasteiger partial charge is 0.287 e. The number of halogens is 1. The average molecular weight is 402 g/mol. The van der Waals surface area contributed by atoms with Gasteiger partial charge in [-0.15, -0.1) is 4.83 Å². The SMILES string of the molecule is COc1ccc2c(-c3ccc4c(c3F)CN(NS(N)(=O)=O)CC4)ccnc2c1. The van der Waals surface area contributed by atoms with Crippen molar-refractivity contribution in [3.05, 3.63) is 59.5 Å². The molecule has 3 aromatic rings. The van der Waals surface area contributed by atoms with Crippen molar-refractivity contribution in [1.82, 2.24) is 14.8 Å². The van der Waals surface area contributed by atoms with E-state index < -0.39 is 10.2 Å². The molecule has 3 N–H and O–H groups in total. The van der Waals surface area contributed by atoms with Gasteiger partial charge in [-0.1, -0.05) is 12.1 Å². The summed E-state index contributed by atoms with van der Waals surface area (Å²) in [5.74, 6) is 0.300. The van der Waals surface area contributed by atoms with E-state index in [0.29, 0.717) is 40.9 Å². The monoisotopic (exact) mass is 402 g/mol. The van der Waals surface area contributed by atoms with Crippen molar-refractivity contribution >= 4 is 21.1 Å². The van der Waals surface area contributed by atoms with E-state index in [1.165, 1.54) is 5.01 Å². The van der Waals surface area contributed by atoms with Crippen molar-refractivity contribution in [3.8, 4) is 16.9 Å². The highest BCUT2D eigenvalue weighted by atomic mass is 32.2. The Morgan fingerprint density at radius 2 is 2.04 bits per heavy atom. The van der Waals surface area contributed by atoms with Gasteiger partial charge >= 0.3 is 0 Å². The fraction of sp³-hybridized carbons (Fsp3) is 0.211. The van der Waals surface area contributed by atoms with E-state index in [1.54, 1.807) is 31.5 Å². The maximum absolute atomic E-state index is 15.4. The molecular weight excluding hydrogens is 383 g/mol. The Balaban J connectivity index is 1.79. The van der Waals surface area contributed by atoms with E-state index in [4.69, 9.17) is 9.88 Å². The minimum absolute atomic E-state index is 0.0995. The summed E-state index contributed by atoms with van der Waals surface area (Å²) >= 11 is 0. The Kier molecular flexibility index (Phi) is 4.76. The van der Waals surface area contributed by atoms with Crippen LogP contribution >= 0.6 is 0 Å². The van der Waals surface area contributed by atoms with Crippen LogP contribution in [0.4, 0.5) is 4.39 Å². The molecule has 0 radical (unpaired) electrons. The quantitative estimate of drug-likeness (QED) is 0.697. The minimum Gasteiger partial charge on any atom is -0.497 e. The van der Waals surface area contributed by atoms with E-state index in [2.05, 4.69) is 9.82 Å². The Bertz CT molecular complexity index is 1170. The lowest BCUT2D eigenvalue weighted by Crippen LogP contribution is -2.47. The fourth-order valence-corrected chi connectivity index (χ4v) is 4.06. The van der Waals surface area contributed by atoms with Gasteiger partial charge in [0, 0.05) is 41.9 Å². The number of ether oxygens (including phenoxy) is 1. The van der Waals surface area contributed by atoms with Crippen molar-refractivity contribution < 1.29 is 17.5 Å². The van der Waals surface area contributed by atoms with Crippen LogP contribution in [0.2, 0.25) is 0 Å². The second kappa shape index (κ2) is 7.10. The molecule has 7 nitrogen and oxygen atoms in total. The van der Waals surface area contributed by atoms with Crippen LogP contribution in [-0.2, 0) is 23.2 Å². The highest BCUT2D eigenvalue weighted by Crippen LogP contribution is 2.34. The van der Waals surface area contributed by atoms with E-state index in [1.807, 2.05) is 18.2 Å². The largest absolute Gasteiger partial charge is 0.497 e. The summed E-state index contributed by atoms with van der Waals surface area (Å²) < 4.78 is 43.3. The molecule has 0 saturated heterocycles. The lowest BCUT2D eigenvalue weighted by Gasteiger charge is -2.29.